The number of anilines is 1. The lowest BCUT2D eigenvalue weighted by Gasteiger charge is -1.96. The molecule has 1 aliphatic rings. The molecule has 1 aliphatic carbocycles. The van der Waals surface area contributed by atoms with E-state index in [2.05, 4.69) is 25.1 Å². The van der Waals surface area contributed by atoms with E-state index < -0.39 is 0 Å². The first-order valence-electron chi connectivity index (χ1n) is 6.17. The molecule has 2 nitrogen and oxygen atoms in total. The zero-order valence-corrected chi connectivity index (χ0v) is 10.3. The summed E-state index contributed by atoms with van der Waals surface area (Å²) in [5.74, 6) is 0. The SMILES string of the molecule is CCC=c1oc2c(c1N)C=Cc1ccccc1C=2. The fraction of sp³-hybridized carbons (Fsp3) is 0.125. The first-order valence-corrected chi connectivity index (χ1v) is 6.17. The number of furan rings is 1. The Kier molecular flexibility index (Phi) is 2.56. The molecule has 0 spiro atoms. The summed E-state index contributed by atoms with van der Waals surface area (Å²) in [5, 5.41) is 0. The van der Waals surface area contributed by atoms with E-state index in [0.29, 0.717) is 0 Å². The van der Waals surface area contributed by atoms with Gasteiger partial charge in [0, 0.05) is 5.56 Å². The fourth-order valence-corrected chi connectivity index (χ4v) is 2.22. The molecule has 0 saturated heterocycles. The van der Waals surface area contributed by atoms with E-state index in [1.807, 2.05) is 30.4 Å². The monoisotopic (exact) mass is 237 g/mol. The van der Waals surface area contributed by atoms with E-state index >= 15 is 0 Å². The lowest BCUT2D eigenvalue weighted by molar-refractivity contribution is 0.501. The van der Waals surface area contributed by atoms with Crippen LogP contribution in [0.15, 0.2) is 28.7 Å². The van der Waals surface area contributed by atoms with Gasteiger partial charge in [0.05, 0.1) is 5.69 Å². The van der Waals surface area contributed by atoms with Crippen molar-refractivity contribution in [1.29, 1.82) is 0 Å². The van der Waals surface area contributed by atoms with Crippen LogP contribution in [0, 0.1) is 0 Å². The highest BCUT2D eigenvalue weighted by Gasteiger charge is 2.09. The van der Waals surface area contributed by atoms with Gasteiger partial charge in [-0.25, -0.2) is 0 Å². The Morgan fingerprint density at radius 3 is 2.72 bits per heavy atom. The van der Waals surface area contributed by atoms with Crippen LogP contribution < -0.4 is 16.6 Å². The van der Waals surface area contributed by atoms with Gasteiger partial charge in [-0.3, -0.25) is 0 Å². The normalized spacial score (nSPS) is 13.7. The molecule has 0 amide bonds. The highest BCUT2D eigenvalue weighted by molar-refractivity contribution is 5.82. The Morgan fingerprint density at radius 1 is 1.17 bits per heavy atom. The second-order valence-electron chi connectivity index (χ2n) is 4.38. The van der Waals surface area contributed by atoms with Crippen molar-refractivity contribution in [3.63, 3.8) is 0 Å². The Bertz CT molecular complexity index is 735. The topological polar surface area (TPSA) is 39.2 Å². The van der Waals surface area contributed by atoms with E-state index in [9.17, 15) is 0 Å². The third-order valence-electron chi connectivity index (χ3n) is 3.14. The van der Waals surface area contributed by atoms with Gasteiger partial charge in [0.25, 0.3) is 0 Å². The molecule has 0 atom stereocenters. The number of nitrogen functional groups attached to an aromatic ring is 1. The van der Waals surface area contributed by atoms with Crippen LogP contribution >= 0.6 is 0 Å². The quantitative estimate of drug-likeness (QED) is 0.705. The van der Waals surface area contributed by atoms with Crippen LogP contribution in [0.1, 0.15) is 30.0 Å². The second kappa shape index (κ2) is 4.22. The molecule has 0 aliphatic heterocycles. The van der Waals surface area contributed by atoms with Gasteiger partial charge in [0.15, 0.2) is 0 Å². The summed E-state index contributed by atoms with van der Waals surface area (Å²) < 4.78 is 5.83. The summed E-state index contributed by atoms with van der Waals surface area (Å²) in [7, 11) is 0. The molecule has 0 fully saturated rings. The summed E-state index contributed by atoms with van der Waals surface area (Å²) in [5.41, 5.74) is 11.8. The van der Waals surface area contributed by atoms with Gasteiger partial charge >= 0.3 is 0 Å². The highest BCUT2D eigenvalue weighted by Crippen LogP contribution is 2.18. The maximum absolute atomic E-state index is 6.12. The van der Waals surface area contributed by atoms with Crippen LogP contribution in [0.3, 0.4) is 0 Å². The van der Waals surface area contributed by atoms with E-state index in [1.54, 1.807) is 0 Å². The van der Waals surface area contributed by atoms with Gasteiger partial charge in [-0.2, -0.15) is 0 Å². The van der Waals surface area contributed by atoms with E-state index in [4.69, 9.17) is 10.2 Å². The first-order chi connectivity index (χ1) is 8.79. The van der Waals surface area contributed by atoms with Gasteiger partial charge in [0.1, 0.15) is 10.8 Å². The molecule has 1 aromatic heterocycles. The van der Waals surface area contributed by atoms with Crippen LogP contribution in [0.5, 0.6) is 0 Å². The van der Waals surface area contributed by atoms with Crippen molar-refractivity contribution < 1.29 is 4.42 Å². The molecule has 2 aromatic rings. The number of benzene rings is 1. The average Bonchev–Trinajstić information content (AvgIpc) is 2.58. The number of hydrogen-bond donors (Lipinski definition) is 1. The Labute approximate surface area is 106 Å². The third-order valence-corrected chi connectivity index (χ3v) is 3.14. The molecule has 18 heavy (non-hydrogen) atoms. The molecule has 2 N–H and O–H groups in total. The van der Waals surface area contributed by atoms with Crippen LogP contribution in [-0.4, -0.2) is 0 Å². The summed E-state index contributed by atoms with van der Waals surface area (Å²) >= 11 is 0. The third kappa shape index (κ3) is 1.66. The van der Waals surface area contributed by atoms with Gasteiger partial charge in [-0.05, 0) is 35.8 Å². The van der Waals surface area contributed by atoms with Crippen LogP contribution in [0.4, 0.5) is 5.69 Å². The molecule has 0 unspecified atom stereocenters. The predicted molar refractivity (Wildman–Crippen MR) is 76.1 cm³/mol. The molecule has 0 radical (unpaired) electrons. The Hall–Kier alpha value is -2.22. The number of rotatable bonds is 1. The van der Waals surface area contributed by atoms with Crippen LogP contribution in [0.2, 0.25) is 0 Å². The summed E-state index contributed by atoms with van der Waals surface area (Å²) in [6.07, 6.45) is 9.09. The Balaban J connectivity index is 2.32. The zero-order chi connectivity index (χ0) is 12.5. The molecular weight excluding hydrogens is 222 g/mol. The number of nitrogens with two attached hydrogens (primary N) is 1. The average molecular weight is 237 g/mol. The van der Waals surface area contributed by atoms with Crippen LogP contribution in [-0.2, 0) is 0 Å². The van der Waals surface area contributed by atoms with Crippen molar-refractivity contribution >= 4 is 30.0 Å². The van der Waals surface area contributed by atoms with Gasteiger partial charge in [0.2, 0.25) is 0 Å². The molecule has 1 aromatic carbocycles. The number of fused-ring (bicyclic) bond motifs is 2. The van der Waals surface area contributed by atoms with Crippen molar-refractivity contribution in [2.45, 2.75) is 13.3 Å². The second-order valence-corrected chi connectivity index (χ2v) is 4.38. The predicted octanol–water partition coefficient (Wildman–Crippen LogP) is 2.36. The Morgan fingerprint density at radius 2 is 1.94 bits per heavy atom. The molecule has 0 saturated carbocycles. The largest absolute Gasteiger partial charge is 0.455 e. The number of hydrogen-bond acceptors (Lipinski definition) is 2. The van der Waals surface area contributed by atoms with Crippen molar-refractivity contribution in [1.82, 2.24) is 0 Å². The standard InChI is InChI=1S/C16H15NO/c1-2-5-14-16(17)13-9-8-11-6-3-4-7-12(11)10-15(13)18-14/h3-10H,2,17H2,1H3. The van der Waals surface area contributed by atoms with Crippen molar-refractivity contribution in [3.8, 4) is 0 Å². The van der Waals surface area contributed by atoms with Crippen LogP contribution in [0.25, 0.3) is 24.3 Å². The minimum Gasteiger partial charge on any atom is -0.455 e. The molecule has 3 rings (SSSR count). The van der Waals surface area contributed by atoms with Crippen molar-refractivity contribution in [3.05, 3.63) is 51.8 Å². The minimum absolute atomic E-state index is 0.729. The highest BCUT2D eigenvalue weighted by atomic mass is 16.3. The fourth-order valence-electron chi connectivity index (χ4n) is 2.22. The molecule has 90 valence electrons. The van der Waals surface area contributed by atoms with Crippen molar-refractivity contribution in [2.75, 3.05) is 5.73 Å². The van der Waals surface area contributed by atoms with E-state index in [1.165, 1.54) is 5.56 Å². The van der Waals surface area contributed by atoms with E-state index in [-0.39, 0.29) is 0 Å². The molecule has 2 heteroatoms. The maximum Gasteiger partial charge on any atom is 0.147 e. The van der Waals surface area contributed by atoms with Gasteiger partial charge in [-0.1, -0.05) is 37.3 Å². The smallest absolute Gasteiger partial charge is 0.147 e. The van der Waals surface area contributed by atoms with Crippen molar-refractivity contribution in [2.24, 2.45) is 0 Å². The summed E-state index contributed by atoms with van der Waals surface area (Å²) in [6.45, 7) is 2.07. The molecule has 1 heterocycles. The minimum atomic E-state index is 0.729. The summed E-state index contributed by atoms with van der Waals surface area (Å²) in [6, 6.07) is 8.23. The molecular formula is C16H15NO. The summed E-state index contributed by atoms with van der Waals surface area (Å²) in [4.78, 5) is 0. The zero-order valence-electron chi connectivity index (χ0n) is 10.3. The van der Waals surface area contributed by atoms with Gasteiger partial charge < -0.3 is 10.2 Å². The maximum atomic E-state index is 6.12. The molecule has 0 bridgehead atoms. The lowest BCUT2D eigenvalue weighted by atomic mass is 10.1. The first kappa shape index (κ1) is 10.9. The van der Waals surface area contributed by atoms with E-state index in [0.717, 1.165) is 34.1 Å². The van der Waals surface area contributed by atoms with Gasteiger partial charge in [-0.15, -0.1) is 0 Å². The lowest BCUT2D eigenvalue weighted by Crippen LogP contribution is -2.03.